The van der Waals surface area contributed by atoms with Gasteiger partial charge in [-0.05, 0) is 43.7 Å². The zero-order valence-corrected chi connectivity index (χ0v) is 13.4. The van der Waals surface area contributed by atoms with Gasteiger partial charge in [-0.3, -0.25) is 0 Å². The number of furan rings is 1. The molecule has 0 amide bonds. The monoisotopic (exact) mass is 318 g/mol. The molecule has 108 valence electrons. The van der Waals surface area contributed by atoms with Crippen LogP contribution in [0.5, 0.6) is 0 Å². The molecule has 0 fully saturated rings. The third-order valence-electron chi connectivity index (χ3n) is 3.34. The number of benzene rings is 1. The SMILES string of the molecule is Cc1c(Cl)cccc1N=c1scc(C)n1Cc1ccco1. The van der Waals surface area contributed by atoms with E-state index in [2.05, 4.69) is 16.9 Å². The van der Waals surface area contributed by atoms with E-state index in [4.69, 9.17) is 21.0 Å². The van der Waals surface area contributed by atoms with Gasteiger partial charge in [0.25, 0.3) is 0 Å². The number of thiazole rings is 1. The lowest BCUT2D eigenvalue weighted by atomic mass is 10.2. The van der Waals surface area contributed by atoms with Gasteiger partial charge >= 0.3 is 0 Å². The van der Waals surface area contributed by atoms with Crippen molar-refractivity contribution in [3.8, 4) is 0 Å². The van der Waals surface area contributed by atoms with Crippen molar-refractivity contribution in [3.63, 3.8) is 0 Å². The molecule has 0 N–H and O–H groups in total. The maximum atomic E-state index is 6.16. The minimum Gasteiger partial charge on any atom is -0.467 e. The Morgan fingerprint density at radius 2 is 2.10 bits per heavy atom. The maximum Gasteiger partial charge on any atom is 0.190 e. The molecule has 21 heavy (non-hydrogen) atoms. The Morgan fingerprint density at radius 3 is 2.86 bits per heavy atom. The van der Waals surface area contributed by atoms with Crippen LogP contribution in [0.25, 0.3) is 0 Å². The van der Waals surface area contributed by atoms with Crippen molar-refractivity contribution in [2.24, 2.45) is 4.99 Å². The molecule has 0 aliphatic heterocycles. The van der Waals surface area contributed by atoms with Crippen LogP contribution < -0.4 is 4.80 Å². The topological polar surface area (TPSA) is 30.4 Å². The molecule has 3 rings (SSSR count). The first kappa shape index (κ1) is 14.2. The second kappa shape index (κ2) is 5.92. The molecule has 0 radical (unpaired) electrons. The normalized spacial score (nSPS) is 12.0. The Bertz CT molecular complexity index is 815. The van der Waals surface area contributed by atoms with E-state index in [1.807, 2.05) is 37.3 Å². The van der Waals surface area contributed by atoms with Gasteiger partial charge in [-0.1, -0.05) is 17.7 Å². The van der Waals surface area contributed by atoms with Crippen molar-refractivity contribution in [1.82, 2.24) is 4.57 Å². The average Bonchev–Trinajstić information content (AvgIpc) is 3.09. The Kier molecular flexibility index (Phi) is 3.99. The highest BCUT2D eigenvalue weighted by Crippen LogP contribution is 2.25. The van der Waals surface area contributed by atoms with E-state index in [1.165, 1.54) is 0 Å². The second-order valence-electron chi connectivity index (χ2n) is 4.82. The fourth-order valence-electron chi connectivity index (χ4n) is 2.07. The first-order valence-electron chi connectivity index (χ1n) is 6.62. The Labute approximate surface area is 132 Å². The summed E-state index contributed by atoms with van der Waals surface area (Å²) in [6, 6.07) is 9.65. The van der Waals surface area contributed by atoms with Crippen molar-refractivity contribution in [2.75, 3.05) is 0 Å². The first-order valence-corrected chi connectivity index (χ1v) is 7.88. The molecule has 2 aromatic heterocycles. The molecular weight excluding hydrogens is 304 g/mol. The van der Waals surface area contributed by atoms with Crippen molar-refractivity contribution in [2.45, 2.75) is 20.4 Å². The van der Waals surface area contributed by atoms with Crippen LogP contribution in [0.1, 0.15) is 17.0 Å². The summed E-state index contributed by atoms with van der Waals surface area (Å²) in [5.41, 5.74) is 3.06. The molecule has 0 saturated carbocycles. The van der Waals surface area contributed by atoms with Gasteiger partial charge in [0.2, 0.25) is 0 Å². The molecule has 0 saturated heterocycles. The second-order valence-corrected chi connectivity index (χ2v) is 6.06. The summed E-state index contributed by atoms with van der Waals surface area (Å²) in [6.45, 7) is 4.74. The Morgan fingerprint density at radius 1 is 1.24 bits per heavy atom. The lowest BCUT2D eigenvalue weighted by molar-refractivity contribution is 0.488. The largest absolute Gasteiger partial charge is 0.467 e. The van der Waals surface area contributed by atoms with Crippen LogP contribution in [0, 0.1) is 13.8 Å². The van der Waals surface area contributed by atoms with E-state index >= 15 is 0 Å². The van der Waals surface area contributed by atoms with Gasteiger partial charge in [0.15, 0.2) is 4.80 Å². The number of rotatable bonds is 3. The predicted molar refractivity (Wildman–Crippen MR) is 86.3 cm³/mol. The molecule has 3 aromatic rings. The predicted octanol–water partition coefficient (Wildman–Crippen LogP) is 4.69. The van der Waals surface area contributed by atoms with E-state index in [-0.39, 0.29) is 0 Å². The van der Waals surface area contributed by atoms with Crippen LogP contribution in [-0.2, 0) is 6.54 Å². The molecule has 3 nitrogen and oxygen atoms in total. The summed E-state index contributed by atoms with van der Waals surface area (Å²) >= 11 is 7.78. The number of aryl methyl sites for hydroxylation is 1. The third kappa shape index (κ3) is 2.96. The van der Waals surface area contributed by atoms with Crippen LogP contribution in [0.2, 0.25) is 5.02 Å². The summed E-state index contributed by atoms with van der Waals surface area (Å²) < 4.78 is 7.57. The van der Waals surface area contributed by atoms with E-state index in [1.54, 1.807) is 17.6 Å². The number of aromatic nitrogens is 1. The van der Waals surface area contributed by atoms with E-state index in [0.29, 0.717) is 6.54 Å². The van der Waals surface area contributed by atoms with Crippen LogP contribution >= 0.6 is 22.9 Å². The van der Waals surface area contributed by atoms with Crippen LogP contribution in [0.3, 0.4) is 0 Å². The Hall–Kier alpha value is -1.78. The van der Waals surface area contributed by atoms with Gasteiger partial charge in [-0.15, -0.1) is 11.3 Å². The van der Waals surface area contributed by atoms with Crippen molar-refractivity contribution >= 4 is 28.6 Å². The molecule has 1 aromatic carbocycles. The molecule has 5 heteroatoms. The van der Waals surface area contributed by atoms with Crippen LogP contribution in [0.4, 0.5) is 5.69 Å². The summed E-state index contributed by atoms with van der Waals surface area (Å²) in [7, 11) is 0. The molecule has 2 heterocycles. The van der Waals surface area contributed by atoms with Crippen molar-refractivity contribution in [3.05, 3.63) is 68.8 Å². The summed E-state index contributed by atoms with van der Waals surface area (Å²) in [6.07, 6.45) is 1.69. The number of nitrogens with zero attached hydrogens (tertiary/aromatic N) is 2. The molecule has 0 unspecified atom stereocenters. The molecular formula is C16H15ClN2OS. The minimum absolute atomic E-state index is 0.681. The highest BCUT2D eigenvalue weighted by atomic mass is 35.5. The molecule has 0 aliphatic rings. The zero-order chi connectivity index (χ0) is 14.8. The van der Waals surface area contributed by atoms with Gasteiger partial charge in [0.05, 0.1) is 18.5 Å². The van der Waals surface area contributed by atoms with Gasteiger partial charge < -0.3 is 8.98 Å². The third-order valence-corrected chi connectivity index (χ3v) is 4.73. The lowest BCUT2D eigenvalue weighted by Crippen LogP contribution is -2.16. The average molecular weight is 319 g/mol. The summed E-state index contributed by atoms with van der Waals surface area (Å²) in [5, 5.41) is 2.84. The lowest BCUT2D eigenvalue weighted by Gasteiger charge is -2.05. The quantitative estimate of drug-likeness (QED) is 0.689. The summed E-state index contributed by atoms with van der Waals surface area (Å²) in [5.74, 6) is 0.917. The highest BCUT2D eigenvalue weighted by Gasteiger charge is 2.06. The fraction of sp³-hybridized carbons (Fsp3) is 0.188. The van der Waals surface area contributed by atoms with Gasteiger partial charge in [-0.2, -0.15) is 0 Å². The molecule has 0 spiro atoms. The number of halogens is 1. The highest BCUT2D eigenvalue weighted by molar-refractivity contribution is 7.07. The fourth-order valence-corrected chi connectivity index (χ4v) is 3.13. The molecule has 0 atom stereocenters. The first-order chi connectivity index (χ1) is 10.1. The van der Waals surface area contributed by atoms with Gasteiger partial charge in [0.1, 0.15) is 5.76 Å². The Balaban J connectivity index is 2.06. The maximum absolute atomic E-state index is 6.16. The minimum atomic E-state index is 0.681. The zero-order valence-electron chi connectivity index (χ0n) is 11.8. The van der Waals surface area contributed by atoms with Crippen molar-refractivity contribution in [1.29, 1.82) is 0 Å². The van der Waals surface area contributed by atoms with E-state index in [9.17, 15) is 0 Å². The van der Waals surface area contributed by atoms with Gasteiger partial charge in [0, 0.05) is 16.1 Å². The van der Waals surface area contributed by atoms with Crippen molar-refractivity contribution < 1.29 is 4.42 Å². The smallest absolute Gasteiger partial charge is 0.190 e. The summed E-state index contributed by atoms with van der Waals surface area (Å²) in [4.78, 5) is 5.70. The molecule has 0 aliphatic carbocycles. The van der Waals surface area contributed by atoms with Crippen LogP contribution in [-0.4, -0.2) is 4.57 Å². The molecule has 0 bridgehead atoms. The van der Waals surface area contributed by atoms with E-state index < -0.39 is 0 Å². The standard InChI is InChI=1S/C16H15ClN2OS/c1-11-10-21-16(19(11)9-13-5-4-8-20-13)18-15-7-3-6-14(17)12(15)2/h3-8,10H,9H2,1-2H3. The van der Waals surface area contributed by atoms with E-state index in [0.717, 1.165) is 32.5 Å². The number of hydrogen-bond acceptors (Lipinski definition) is 3. The van der Waals surface area contributed by atoms with Crippen LogP contribution in [0.15, 0.2) is 51.4 Å². The van der Waals surface area contributed by atoms with Gasteiger partial charge in [-0.25, -0.2) is 4.99 Å². The number of hydrogen-bond donors (Lipinski definition) is 0.